The third-order valence-corrected chi connectivity index (χ3v) is 5.91. The van der Waals surface area contributed by atoms with Crippen LogP contribution in [0.3, 0.4) is 0 Å². The van der Waals surface area contributed by atoms with E-state index in [0.29, 0.717) is 0 Å². The van der Waals surface area contributed by atoms with Crippen LogP contribution in [0.4, 0.5) is 5.69 Å². The zero-order chi connectivity index (χ0) is 18.8. The van der Waals surface area contributed by atoms with E-state index < -0.39 is 0 Å². The van der Waals surface area contributed by atoms with E-state index in [1.54, 1.807) is 0 Å². The van der Waals surface area contributed by atoms with Gasteiger partial charge in [0.2, 0.25) is 5.91 Å². The SMILES string of the molecule is Cc1cccc(N2CCN(C(=O)C3CC(c4ccccc4)NN3)CC2)c1C. The second-order valence-corrected chi connectivity index (χ2v) is 7.57. The van der Waals surface area contributed by atoms with Crippen molar-refractivity contribution in [2.45, 2.75) is 32.4 Å². The molecule has 142 valence electrons. The summed E-state index contributed by atoms with van der Waals surface area (Å²) in [6.45, 7) is 7.66. The van der Waals surface area contributed by atoms with Crippen LogP contribution >= 0.6 is 0 Å². The van der Waals surface area contributed by atoms with E-state index in [-0.39, 0.29) is 18.0 Å². The van der Waals surface area contributed by atoms with E-state index >= 15 is 0 Å². The Morgan fingerprint density at radius 3 is 2.41 bits per heavy atom. The lowest BCUT2D eigenvalue weighted by Gasteiger charge is -2.38. The lowest BCUT2D eigenvalue weighted by atomic mass is 10.0. The summed E-state index contributed by atoms with van der Waals surface area (Å²) in [5, 5.41) is 0. The zero-order valence-corrected chi connectivity index (χ0v) is 16.1. The lowest BCUT2D eigenvalue weighted by Crippen LogP contribution is -2.53. The van der Waals surface area contributed by atoms with E-state index in [1.165, 1.54) is 22.4 Å². The molecule has 0 aromatic heterocycles. The minimum Gasteiger partial charge on any atom is -0.368 e. The molecular formula is C22H28N4O. The molecule has 2 saturated heterocycles. The molecule has 1 amide bonds. The van der Waals surface area contributed by atoms with Gasteiger partial charge in [0.1, 0.15) is 6.04 Å². The largest absolute Gasteiger partial charge is 0.368 e. The molecule has 2 heterocycles. The van der Waals surface area contributed by atoms with E-state index in [2.05, 4.69) is 59.9 Å². The van der Waals surface area contributed by atoms with Crippen LogP contribution in [-0.4, -0.2) is 43.0 Å². The predicted octanol–water partition coefficient (Wildman–Crippen LogP) is 2.56. The normalized spacial score (nSPS) is 22.9. The van der Waals surface area contributed by atoms with E-state index in [0.717, 1.165) is 32.6 Å². The van der Waals surface area contributed by atoms with Crippen molar-refractivity contribution in [1.29, 1.82) is 0 Å². The fraction of sp³-hybridized carbons (Fsp3) is 0.409. The van der Waals surface area contributed by atoms with Crippen molar-refractivity contribution in [3.8, 4) is 0 Å². The van der Waals surface area contributed by atoms with Gasteiger partial charge in [0.25, 0.3) is 0 Å². The number of benzene rings is 2. The van der Waals surface area contributed by atoms with Gasteiger partial charge < -0.3 is 9.80 Å². The number of amides is 1. The molecule has 0 saturated carbocycles. The van der Waals surface area contributed by atoms with Gasteiger partial charge in [-0.15, -0.1) is 0 Å². The van der Waals surface area contributed by atoms with Gasteiger partial charge in [0.15, 0.2) is 0 Å². The maximum absolute atomic E-state index is 12.9. The molecule has 2 N–H and O–H groups in total. The topological polar surface area (TPSA) is 47.6 Å². The Bertz CT molecular complexity index is 799. The molecule has 5 heteroatoms. The monoisotopic (exact) mass is 364 g/mol. The summed E-state index contributed by atoms with van der Waals surface area (Å²) in [6, 6.07) is 16.8. The number of aryl methyl sites for hydroxylation is 1. The standard InChI is InChI=1S/C22H28N4O/c1-16-7-6-10-21(17(16)2)25-11-13-26(14-12-25)22(27)20-15-19(23-24-20)18-8-4-3-5-9-18/h3-10,19-20,23-24H,11-15H2,1-2H3. The van der Waals surface area contributed by atoms with Crippen LogP contribution in [0.2, 0.25) is 0 Å². The number of piperazine rings is 1. The number of hydrogen-bond donors (Lipinski definition) is 2. The molecule has 4 rings (SSSR count). The molecule has 27 heavy (non-hydrogen) atoms. The molecule has 2 aromatic rings. The van der Waals surface area contributed by atoms with Crippen LogP contribution in [0.5, 0.6) is 0 Å². The Morgan fingerprint density at radius 1 is 0.926 bits per heavy atom. The molecule has 2 aliphatic rings. The van der Waals surface area contributed by atoms with Gasteiger partial charge in [-0.1, -0.05) is 42.5 Å². The number of anilines is 1. The average molecular weight is 364 g/mol. The summed E-state index contributed by atoms with van der Waals surface area (Å²) in [6.07, 6.45) is 0.792. The Morgan fingerprint density at radius 2 is 1.67 bits per heavy atom. The Kier molecular flexibility index (Phi) is 5.14. The highest BCUT2D eigenvalue weighted by Gasteiger charge is 2.34. The number of hydrogen-bond acceptors (Lipinski definition) is 4. The number of carbonyl (C=O) groups is 1. The second-order valence-electron chi connectivity index (χ2n) is 7.57. The van der Waals surface area contributed by atoms with Gasteiger partial charge in [-0.05, 0) is 43.0 Å². The van der Waals surface area contributed by atoms with Gasteiger partial charge in [-0.2, -0.15) is 0 Å². The van der Waals surface area contributed by atoms with Crippen molar-refractivity contribution >= 4 is 11.6 Å². The van der Waals surface area contributed by atoms with E-state index in [4.69, 9.17) is 0 Å². The second kappa shape index (κ2) is 7.71. The van der Waals surface area contributed by atoms with Gasteiger partial charge in [0, 0.05) is 37.9 Å². The lowest BCUT2D eigenvalue weighted by molar-refractivity contribution is -0.133. The molecule has 2 aromatic carbocycles. The molecule has 2 fully saturated rings. The van der Waals surface area contributed by atoms with Crippen molar-refractivity contribution in [2.24, 2.45) is 0 Å². The molecule has 2 atom stereocenters. The fourth-order valence-corrected chi connectivity index (χ4v) is 4.09. The molecule has 2 unspecified atom stereocenters. The van der Waals surface area contributed by atoms with Crippen LogP contribution in [0.15, 0.2) is 48.5 Å². The third kappa shape index (κ3) is 3.70. The predicted molar refractivity (Wildman–Crippen MR) is 109 cm³/mol. The van der Waals surface area contributed by atoms with Crippen molar-refractivity contribution in [3.05, 3.63) is 65.2 Å². The third-order valence-electron chi connectivity index (χ3n) is 5.91. The Labute approximate surface area is 161 Å². The number of nitrogens with one attached hydrogen (secondary N) is 2. The van der Waals surface area contributed by atoms with Crippen molar-refractivity contribution in [2.75, 3.05) is 31.1 Å². The zero-order valence-electron chi connectivity index (χ0n) is 16.1. The van der Waals surface area contributed by atoms with Crippen LogP contribution in [0.1, 0.15) is 29.2 Å². The summed E-state index contributed by atoms with van der Waals surface area (Å²) >= 11 is 0. The maximum atomic E-state index is 12.9. The minimum atomic E-state index is -0.150. The summed E-state index contributed by atoms with van der Waals surface area (Å²) < 4.78 is 0. The summed E-state index contributed by atoms with van der Waals surface area (Å²) in [7, 11) is 0. The van der Waals surface area contributed by atoms with Crippen molar-refractivity contribution in [3.63, 3.8) is 0 Å². The van der Waals surface area contributed by atoms with Gasteiger partial charge >= 0.3 is 0 Å². The molecule has 2 aliphatic heterocycles. The molecule has 0 spiro atoms. The first-order chi connectivity index (χ1) is 13.1. The summed E-state index contributed by atoms with van der Waals surface area (Å²) in [5.74, 6) is 0.210. The number of rotatable bonds is 3. The Balaban J connectivity index is 1.35. The number of hydrazine groups is 1. The van der Waals surface area contributed by atoms with Crippen LogP contribution in [0, 0.1) is 13.8 Å². The highest BCUT2D eigenvalue weighted by atomic mass is 16.2. The number of carbonyl (C=O) groups excluding carboxylic acids is 1. The smallest absolute Gasteiger partial charge is 0.241 e. The van der Waals surface area contributed by atoms with Crippen LogP contribution in [-0.2, 0) is 4.79 Å². The first-order valence-electron chi connectivity index (χ1n) is 9.79. The first kappa shape index (κ1) is 18.0. The van der Waals surface area contributed by atoms with Crippen molar-refractivity contribution < 1.29 is 4.79 Å². The molecule has 5 nitrogen and oxygen atoms in total. The van der Waals surface area contributed by atoms with Crippen LogP contribution in [0.25, 0.3) is 0 Å². The fourth-order valence-electron chi connectivity index (χ4n) is 4.09. The summed E-state index contributed by atoms with van der Waals surface area (Å²) in [5.41, 5.74) is 11.7. The Hall–Kier alpha value is -2.37. The van der Waals surface area contributed by atoms with Crippen LogP contribution < -0.4 is 15.8 Å². The van der Waals surface area contributed by atoms with Crippen molar-refractivity contribution in [1.82, 2.24) is 15.8 Å². The van der Waals surface area contributed by atoms with Gasteiger partial charge in [0.05, 0.1) is 0 Å². The highest BCUT2D eigenvalue weighted by molar-refractivity contribution is 5.82. The van der Waals surface area contributed by atoms with E-state index in [9.17, 15) is 4.79 Å². The minimum absolute atomic E-state index is 0.150. The molecule has 0 aliphatic carbocycles. The maximum Gasteiger partial charge on any atom is 0.241 e. The van der Waals surface area contributed by atoms with Gasteiger partial charge in [-0.25, -0.2) is 10.9 Å². The molecule has 0 radical (unpaired) electrons. The highest BCUT2D eigenvalue weighted by Crippen LogP contribution is 2.26. The first-order valence-corrected chi connectivity index (χ1v) is 9.79. The molecule has 0 bridgehead atoms. The molecular weight excluding hydrogens is 336 g/mol. The quantitative estimate of drug-likeness (QED) is 0.879. The average Bonchev–Trinajstić information content (AvgIpc) is 3.21. The van der Waals surface area contributed by atoms with E-state index in [1.807, 2.05) is 23.1 Å². The van der Waals surface area contributed by atoms with Gasteiger partial charge in [-0.3, -0.25) is 4.79 Å². The summed E-state index contributed by atoms with van der Waals surface area (Å²) in [4.78, 5) is 17.4. The number of nitrogens with zero attached hydrogens (tertiary/aromatic N) is 2.